The maximum atomic E-state index is 12.7. The number of rotatable bonds is 9. The number of nitrogens with one attached hydrogen (secondary N) is 4. The van der Waals surface area contributed by atoms with Gasteiger partial charge in [0.05, 0.1) is 6.54 Å². The number of hydrogen-bond acceptors (Lipinski definition) is 4. The van der Waals surface area contributed by atoms with Crippen molar-refractivity contribution >= 4 is 29.0 Å². The maximum Gasteiger partial charge on any atom is 0.319 e. The van der Waals surface area contributed by atoms with Crippen molar-refractivity contribution in [1.29, 1.82) is 0 Å². The van der Waals surface area contributed by atoms with Gasteiger partial charge in [-0.1, -0.05) is 55.3 Å². The molecule has 1 atom stereocenters. The molecule has 0 spiro atoms. The van der Waals surface area contributed by atoms with Crippen LogP contribution in [0.25, 0.3) is 0 Å². The zero-order valence-electron chi connectivity index (χ0n) is 19.5. The highest BCUT2D eigenvalue weighted by Gasteiger charge is 2.35. The van der Waals surface area contributed by atoms with Crippen molar-refractivity contribution in [3.63, 3.8) is 0 Å². The molecule has 4 rings (SSSR count). The van der Waals surface area contributed by atoms with E-state index < -0.39 is 0 Å². The Morgan fingerprint density at radius 1 is 0.971 bits per heavy atom. The zero-order valence-corrected chi connectivity index (χ0v) is 20.3. The highest BCUT2D eigenvalue weighted by Crippen LogP contribution is 2.32. The Kier molecular flexibility index (Phi) is 7.98. The summed E-state index contributed by atoms with van der Waals surface area (Å²) in [5, 5.41) is 14.6. The van der Waals surface area contributed by atoms with Gasteiger partial charge in [0.15, 0.2) is 0 Å². The van der Waals surface area contributed by atoms with E-state index in [1.807, 2.05) is 23.6 Å². The molecule has 0 aliphatic heterocycles. The largest absolute Gasteiger partial charge is 0.347 e. The predicted octanol–water partition coefficient (Wildman–Crippen LogP) is 5.46. The van der Waals surface area contributed by atoms with Crippen molar-refractivity contribution in [2.75, 3.05) is 11.9 Å². The summed E-state index contributed by atoms with van der Waals surface area (Å²) in [5.41, 5.74) is 2.23. The van der Waals surface area contributed by atoms with Gasteiger partial charge in [0, 0.05) is 34.3 Å². The van der Waals surface area contributed by atoms with Crippen molar-refractivity contribution in [3.05, 3.63) is 88.1 Å². The van der Waals surface area contributed by atoms with Gasteiger partial charge in [0.25, 0.3) is 5.91 Å². The Morgan fingerprint density at radius 3 is 2.50 bits per heavy atom. The Labute approximate surface area is 205 Å². The summed E-state index contributed by atoms with van der Waals surface area (Å²) >= 11 is 1.60. The smallest absolute Gasteiger partial charge is 0.319 e. The predicted molar refractivity (Wildman–Crippen MR) is 138 cm³/mol. The molecule has 1 fully saturated rings. The van der Waals surface area contributed by atoms with Gasteiger partial charge in [-0.3, -0.25) is 4.79 Å². The molecule has 1 aliphatic carbocycles. The molecular formula is C27H32N4O2S. The van der Waals surface area contributed by atoms with Crippen molar-refractivity contribution in [3.8, 4) is 0 Å². The number of benzene rings is 2. The number of anilines is 1. The fraction of sp³-hybridized carbons (Fsp3) is 0.333. The lowest BCUT2D eigenvalue weighted by Crippen LogP contribution is -2.53. The molecule has 178 valence electrons. The Balaban J connectivity index is 1.31. The molecule has 2 aromatic carbocycles. The van der Waals surface area contributed by atoms with Gasteiger partial charge in [0.2, 0.25) is 0 Å². The highest BCUT2D eigenvalue weighted by molar-refractivity contribution is 7.09. The van der Waals surface area contributed by atoms with Crippen molar-refractivity contribution < 1.29 is 9.59 Å². The summed E-state index contributed by atoms with van der Waals surface area (Å²) in [6.45, 7) is 3.21. The van der Waals surface area contributed by atoms with E-state index in [-0.39, 0.29) is 23.5 Å². The monoisotopic (exact) mass is 476 g/mol. The van der Waals surface area contributed by atoms with Gasteiger partial charge < -0.3 is 21.3 Å². The summed E-state index contributed by atoms with van der Waals surface area (Å²) < 4.78 is 0. The van der Waals surface area contributed by atoms with Gasteiger partial charge in [-0.15, -0.1) is 11.3 Å². The van der Waals surface area contributed by atoms with Crippen LogP contribution in [0, 0.1) is 0 Å². The van der Waals surface area contributed by atoms with Crippen LogP contribution in [0.1, 0.15) is 59.4 Å². The fourth-order valence-corrected chi connectivity index (χ4v) is 5.20. The number of carbonyl (C=O) groups excluding carboxylic acids is 2. The lowest BCUT2D eigenvalue weighted by atomic mass is 9.94. The lowest BCUT2D eigenvalue weighted by Gasteiger charge is -2.34. The first-order valence-corrected chi connectivity index (χ1v) is 12.7. The minimum Gasteiger partial charge on any atom is -0.347 e. The molecule has 0 radical (unpaired) electrons. The van der Waals surface area contributed by atoms with Crippen LogP contribution in [-0.2, 0) is 6.54 Å². The number of hydrogen-bond donors (Lipinski definition) is 4. The molecular weight excluding hydrogens is 444 g/mol. The molecule has 1 aromatic heterocycles. The zero-order chi connectivity index (χ0) is 23.8. The number of amides is 3. The van der Waals surface area contributed by atoms with Crippen molar-refractivity contribution in [1.82, 2.24) is 16.0 Å². The van der Waals surface area contributed by atoms with Gasteiger partial charge in [-0.25, -0.2) is 4.79 Å². The molecule has 3 amide bonds. The Morgan fingerprint density at radius 2 is 1.76 bits per heavy atom. The van der Waals surface area contributed by atoms with E-state index in [2.05, 4.69) is 52.5 Å². The summed E-state index contributed by atoms with van der Waals surface area (Å²) in [6, 6.07) is 21.3. The second kappa shape index (κ2) is 11.3. The number of carbonyl (C=O) groups is 2. The third-order valence-electron chi connectivity index (χ3n) is 6.36. The van der Waals surface area contributed by atoms with E-state index in [0.29, 0.717) is 24.3 Å². The van der Waals surface area contributed by atoms with E-state index >= 15 is 0 Å². The molecule has 6 nitrogen and oxygen atoms in total. The molecule has 3 aromatic rings. The summed E-state index contributed by atoms with van der Waals surface area (Å²) in [6.07, 6.45) is 4.37. The molecule has 4 N–H and O–H groups in total. The summed E-state index contributed by atoms with van der Waals surface area (Å²) in [7, 11) is 0. The van der Waals surface area contributed by atoms with Crippen LogP contribution < -0.4 is 21.3 Å². The van der Waals surface area contributed by atoms with Crippen molar-refractivity contribution in [2.24, 2.45) is 0 Å². The van der Waals surface area contributed by atoms with Gasteiger partial charge in [-0.2, -0.15) is 0 Å². The van der Waals surface area contributed by atoms with Crippen LogP contribution in [0.2, 0.25) is 0 Å². The molecule has 0 saturated heterocycles. The normalized spacial score (nSPS) is 15.4. The lowest BCUT2D eigenvalue weighted by molar-refractivity contribution is 0.0951. The van der Waals surface area contributed by atoms with E-state index in [4.69, 9.17) is 0 Å². The molecule has 1 saturated carbocycles. The van der Waals surface area contributed by atoms with E-state index in [0.717, 1.165) is 30.6 Å². The van der Waals surface area contributed by atoms with Crippen LogP contribution in [0.4, 0.5) is 10.5 Å². The highest BCUT2D eigenvalue weighted by atomic mass is 32.1. The average Bonchev–Trinajstić information content (AvgIpc) is 3.55. The minimum absolute atomic E-state index is 0.115. The second-order valence-electron chi connectivity index (χ2n) is 8.91. The van der Waals surface area contributed by atoms with Crippen LogP contribution in [0.5, 0.6) is 0 Å². The van der Waals surface area contributed by atoms with E-state index in [1.54, 1.807) is 35.6 Å². The topological polar surface area (TPSA) is 82.3 Å². The van der Waals surface area contributed by atoms with Crippen LogP contribution in [0.3, 0.4) is 0 Å². The SMILES string of the molecule is CC(NC1(CNC(=O)Nc2cccc(C(=O)NCc3cccs3)c2)CCCC1)c1ccccc1. The summed E-state index contributed by atoms with van der Waals surface area (Å²) in [5.74, 6) is -0.165. The Hall–Kier alpha value is -3.16. The van der Waals surface area contributed by atoms with E-state index in [9.17, 15) is 9.59 Å². The van der Waals surface area contributed by atoms with Crippen LogP contribution in [0.15, 0.2) is 72.1 Å². The first-order chi connectivity index (χ1) is 16.5. The standard InChI is InChI=1S/C27H32N4O2S/c1-20(21-9-3-2-4-10-21)31-27(14-5-6-15-27)19-29-26(33)30-23-12-7-11-22(17-23)25(32)28-18-24-13-8-16-34-24/h2-4,7-13,16-17,20,31H,5-6,14-15,18-19H2,1H3,(H,28,32)(H2,29,30,33). The molecule has 1 heterocycles. The molecule has 34 heavy (non-hydrogen) atoms. The molecule has 1 aliphatic rings. The number of thiophene rings is 1. The van der Waals surface area contributed by atoms with E-state index in [1.165, 1.54) is 5.56 Å². The molecule has 7 heteroatoms. The maximum absolute atomic E-state index is 12.7. The van der Waals surface area contributed by atoms with Crippen LogP contribution in [-0.4, -0.2) is 24.0 Å². The quantitative estimate of drug-likeness (QED) is 0.331. The minimum atomic E-state index is -0.267. The third-order valence-corrected chi connectivity index (χ3v) is 7.23. The van der Waals surface area contributed by atoms with Gasteiger partial charge >= 0.3 is 6.03 Å². The average molecular weight is 477 g/mol. The number of urea groups is 1. The van der Waals surface area contributed by atoms with Crippen LogP contribution >= 0.6 is 11.3 Å². The van der Waals surface area contributed by atoms with Gasteiger partial charge in [-0.05, 0) is 55.0 Å². The first-order valence-electron chi connectivity index (χ1n) is 11.8. The fourth-order valence-electron chi connectivity index (χ4n) is 4.55. The molecule has 0 bridgehead atoms. The third kappa shape index (κ3) is 6.46. The second-order valence-corrected chi connectivity index (χ2v) is 9.95. The first kappa shape index (κ1) is 24.0. The summed E-state index contributed by atoms with van der Waals surface area (Å²) in [4.78, 5) is 26.3. The van der Waals surface area contributed by atoms with Gasteiger partial charge in [0.1, 0.15) is 0 Å². The molecule has 1 unspecified atom stereocenters. The Bertz CT molecular complexity index is 1080. The van der Waals surface area contributed by atoms with Crippen molar-refractivity contribution in [2.45, 2.75) is 50.7 Å².